The normalized spacial score (nSPS) is 15.0. The van der Waals surface area contributed by atoms with Gasteiger partial charge in [-0.2, -0.15) is 5.26 Å². The smallest absolute Gasteiger partial charge is 0.379 e. The standard InChI is InChI=1S/C24H14N2O6/c25-12-16-19(13-7-9-14(10-8-13)30-23(27)18-6-3-11-29-18)20-21(32-22(16)26)15-4-1-2-5-17(15)31-24(20)28/h1-11,19H,26H2/t19-/m1/s1. The molecule has 8 heteroatoms. The van der Waals surface area contributed by atoms with E-state index >= 15 is 0 Å². The Hall–Kier alpha value is -4.77. The van der Waals surface area contributed by atoms with Crippen molar-refractivity contribution in [2.24, 2.45) is 5.73 Å². The molecule has 0 amide bonds. The predicted molar refractivity (Wildman–Crippen MR) is 112 cm³/mol. The fourth-order valence-electron chi connectivity index (χ4n) is 3.68. The highest BCUT2D eigenvalue weighted by Gasteiger charge is 2.35. The number of esters is 1. The van der Waals surface area contributed by atoms with E-state index in [1.807, 2.05) is 6.07 Å². The fraction of sp³-hybridized carbons (Fsp3) is 0.0417. The molecule has 2 aromatic carbocycles. The lowest BCUT2D eigenvalue weighted by Crippen LogP contribution is -2.26. The number of carbonyl (C=O) groups excluding carboxylic acids is 1. The minimum atomic E-state index is -0.806. The number of hydrogen-bond acceptors (Lipinski definition) is 8. The molecule has 0 saturated heterocycles. The molecular formula is C24H14N2O6. The molecule has 0 saturated carbocycles. The summed E-state index contributed by atoms with van der Waals surface area (Å²) in [6, 6.07) is 18.4. The van der Waals surface area contributed by atoms with Crippen LogP contribution in [0.3, 0.4) is 0 Å². The van der Waals surface area contributed by atoms with Gasteiger partial charge in [0.2, 0.25) is 11.6 Å². The second-order valence-corrected chi connectivity index (χ2v) is 6.99. The number of benzene rings is 2. The Balaban J connectivity index is 1.58. The molecule has 156 valence electrons. The number of hydrogen-bond donors (Lipinski definition) is 1. The molecule has 0 bridgehead atoms. The second kappa shape index (κ2) is 7.49. The lowest BCUT2D eigenvalue weighted by atomic mass is 9.84. The number of furan rings is 1. The van der Waals surface area contributed by atoms with E-state index in [0.29, 0.717) is 16.5 Å². The summed E-state index contributed by atoms with van der Waals surface area (Å²) >= 11 is 0. The van der Waals surface area contributed by atoms with E-state index in [1.54, 1.807) is 54.6 Å². The fourth-order valence-corrected chi connectivity index (χ4v) is 3.68. The zero-order valence-corrected chi connectivity index (χ0v) is 16.4. The van der Waals surface area contributed by atoms with Crippen LogP contribution in [0.1, 0.15) is 27.6 Å². The summed E-state index contributed by atoms with van der Waals surface area (Å²) in [5.41, 5.74) is 6.61. The van der Waals surface area contributed by atoms with Crippen molar-refractivity contribution in [2.45, 2.75) is 5.92 Å². The van der Waals surface area contributed by atoms with Crippen molar-refractivity contribution < 1.29 is 23.1 Å². The quantitative estimate of drug-likeness (QED) is 0.297. The van der Waals surface area contributed by atoms with Crippen LogP contribution in [-0.2, 0) is 0 Å². The van der Waals surface area contributed by atoms with E-state index in [2.05, 4.69) is 0 Å². The van der Waals surface area contributed by atoms with E-state index in [0.717, 1.165) is 0 Å². The maximum Gasteiger partial charge on any atom is 0.379 e. The maximum atomic E-state index is 12.9. The molecule has 1 aliphatic rings. The molecule has 32 heavy (non-hydrogen) atoms. The third-order valence-electron chi connectivity index (χ3n) is 5.12. The van der Waals surface area contributed by atoms with Gasteiger partial charge in [0.1, 0.15) is 23.0 Å². The molecule has 1 aliphatic heterocycles. The Morgan fingerprint density at radius 2 is 1.84 bits per heavy atom. The summed E-state index contributed by atoms with van der Waals surface area (Å²) in [5.74, 6) is -0.948. The molecule has 8 nitrogen and oxygen atoms in total. The van der Waals surface area contributed by atoms with E-state index in [9.17, 15) is 14.9 Å². The van der Waals surface area contributed by atoms with Crippen LogP contribution in [0.15, 0.2) is 92.0 Å². The van der Waals surface area contributed by atoms with Gasteiger partial charge in [-0.15, -0.1) is 0 Å². The minimum absolute atomic E-state index is 0.0689. The Kier molecular flexibility index (Phi) is 4.49. The minimum Gasteiger partial charge on any atom is -0.457 e. The Labute approximate surface area is 180 Å². The molecule has 5 rings (SSSR count). The topological polar surface area (TPSA) is 129 Å². The summed E-state index contributed by atoms with van der Waals surface area (Å²) in [6.45, 7) is 0. The zero-order valence-electron chi connectivity index (χ0n) is 16.4. The number of para-hydroxylation sites is 1. The number of nitrogens with two attached hydrogens (primary N) is 1. The number of rotatable bonds is 3. The third-order valence-corrected chi connectivity index (χ3v) is 5.12. The van der Waals surface area contributed by atoms with Gasteiger partial charge in [0, 0.05) is 0 Å². The first kappa shape index (κ1) is 19.2. The first-order valence-electron chi connectivity index (χ1n) is 9.56. The highest BCUT2D eigenvalue weighted by Crippen LogP contribution is 2.43. The first-order valence-corrected chi connectivity index (χ1v) is 9.56. The van der Waals surface area contributed by atoms with Crippen LogP contribution in [0.4, 0.5) is 0 Å². The van der Waals surface area contributed by atoms with Gasteiger partial charge in [0.05, 0.1) is 23.1 Å². The summed E-state index contributed by atoms with van der Waals surface area (Å²) < 4.78 is 21.5. The number of nitrogens with zero attached hydrogens (tertiary/aromatic N) is 1. The summed E-state index contributed by atoms with van der Waals surface area (Å²) in [4.78, 5) is 25.0. The van der Waals surface area contributed by atoms with Crippen molar-refractivity contribution in [3.05, 3.63) is 106 Å². The summed E-state index contributed by atoms with van der Waals surface area (Å²) in [7, 11) is 0. The van der Waals surface area contributed by atoms with Crippen LogP contribution in [0.2, 0.25) is 0 Å². The molecule has 2 aromatic heterocycles. The number of allylic oxidation sites excluding steroid dienone is 1. The molecule has 3 heterocycles. The van der Waals surface area contributed by atoms with Crippen LogP contribution < -0.4 is 20.8 Å². The van der Waals surface area contributed by atoms with Gasteiger partial charge in [0.25, 0.3) is 0 Å². The second-order valence-electron chi connectivity index (χ2n) is 6.99. The van der Waals surface area contributed by atoms with E-state index in [1.165, 1.54) is 12.3 Å². The molecule has 0 spiro atoms. The van der Waals surface area contributed by atoms with Crippen molar-refractivity contribution in [3.63, 3.8) is 0 Å². The number of carbonyl (C=O) groups is 1. The lowest BCUT2D eigenvalue weighted by molar-refractivity contribution is 0.0701. The van der Waals surface area contributed by atoms with Crippen LogP contribution >= 0.6 is 0 Å². The molecule has 1 atom stereocenters. The molecule has 2 N–H and O–H groups in total. The molecule has 0 aliphatic carbocycles. The maximum absolute atomic E-state index is 12.9. The van der Waals surface area contributed by atoms with Crippen LogP contribution in [-0.4, -0.2) is 5.97 Å². The monoisotopic (exact) mass is 426 g/mol. The highest BCUT2D eigenvalue weighted by atomic mass is 16.5. The van der Waals surface area contributed by atoms with Crippen molar-refractivity contribution >= 4 is 16.9 Å². The highest BCUT2D eigenvalue weighted by molar-refractivity contribution is 5.88. The average Bonchev–Trinajstić information content (AvgIpc) is 3.34. The van der Waals surface area contributed by atoms with Crippen molar-refractivity contribution in [1.82, 2.24) is 0 Å². The van der Waals surface area contributed by atoms with Gasteiger partial charge >= 0.3 is 11.6 Å². The van der Waals surface area contributed by atoms with Gasteiger partial charge in [-0.3, -0.25) is 0 Å². The van der Waals surface area contributed by atoms with Crippen LogP contribution in [0, 0.1) is 11.3 Å². The van der Waals surface area contributed by atoms with Crippen molar-refractivity contribution in [3.8, 4) is 17.6 Å². The summed E-state index contributed by atoms with van der Waals surface area (Å²) in [6.07, 6.45) is 1.37. The molecule has 0 unspecified atom stereocenters. The van der Waals surface area contributed by atoms with Gasteiger partial charge in [-0.1, -0.05) is 24.3 Å². The van der Waals surface area contributed by atoms with E-state index in [4.69, 9.17) is 24.0 Å². The molecule has 4 aromatic rings. The van der Waals surface area contributed by atoms with Gasteiger partial charge in [-0.25, -0.2) is 9.59 Å². The first-order chi connectivity index (χ1) is 15.6. The Morgan fingerprint density at radius 3 is 2.56 bits per heavy atom. The number of fused-ring (bicyclic) bond motifs is 3. The largest absolute Gasteiger partial charge is 0.457 e. The molecule has 0 radical (unpaired) electrons. The Bertz CT molecular complexity index is 1470. The zero-order chi connectivity index (χ0) is 22.2. The summed E-state index contributed by atoms with van der Waals surface area (Å²) in [5, 5.41) is 10.3. The Morgan fingerprint density at radius 1 is 1.06 bits per heavy atom. The van der Waals surface area contributed by atoms with Crippen molar-refractivity contribution in [1.29, 1.82) is 5.26 Å². The van der Waals surface area contributed by atoms with Gasteiger partial charge in [0.15, 0.2) is 5.75 Å². The van der Waals surface area contributed by atoms with Crippen LogP contribution in [0.25, 0.3) is 11.0 Å². The van der Waals surface area contributed by atoms with Gasteiger partial charge < -0.3 is 24.0 Å². The lowest BCUT2D eigenvalue weighted by Gasteiger charge is -2.26. The third kappa shape index (κ3) is 3.09. The van der Waals surface area contributed by atoms with Gasteiger partial charge in [-0.05, 0) is 42.0 Å². The average molecular weight is 426 g/mol. The van der Waals surface area contributed by atoms with Crippen LogP contribution in [0.5, 0.6) is 11.5 Å². The number of ether oxygens (including phenoxy) is 2. The predicted octanol–water partition coefficient (Wildman–Crippen LogP) is 3.82. The van der Waals surface area contributed by atoms with E-state index in [-0.39, 0.29) is 34.3 Å². The molecular weight excluding hydrogens is 412 g/mol. The SMILES string of the molecule is N#CC1=C(N)Oc2c(c(=O)oc3ccccc23)[C@@H]1c1ccc(OC(=O)c2ccco2)cc1. The van der Waals surface area contributed by atoms with Crippen molar-refractivity contribution in [2.75, 3.05) is 0 Å². The van der Waals surface area contributed by atoms with E-state index < -0.39 is 17.5 Å². The number of nitriles is 1. The molecule has 0 fully saturated rings.